The molecule has 602 valence electrons. The van der Waals surface area contributed by atoms with Crippen LogP contribution in [0, 0.1) is 198 Å². The van der Waals surface area contributed by atoms with Gasteiger partial charge in [-0.3, -0.25) is 15.0 Å². The van der Waals surface area contributed by atoms with Gasteiger partial charge in [0, 0.05) is 104 Å². The first-order valence-electron chi connectivity index (χ1n) is 37.5. The lowest BCUT2D eigenvalue weighted by Crippen LogP contribution is -1.88. The fraction of sp³-hybridized carbons (Fsp3) is 0.00935. The number of aromatic nitrogens is 3. The summed E-state index contributed by atoms with van der Waals surface area (Å²) in [5.74, 6) is 33.7. The number of rotatable bonds is 6. The maximum atomic E-state index is 13.8. The first-order chi connectivity index (χ1) is 61.7. The summed E-state index contributed by atoms with van der Waals surface area (Å²) in [4.78, 5) is 11.9. The summed E-state index contributed by atoms with van der Waals surface area (Å²) in [7, 11) is 0. The van der Waals surface area contributed by atoms with Crippen LogP contribution in [0.3, 0.4) is 0 Å². The van der Waals surface area contributed by atoms with Gasteiger partial charge in [0.2, 0.25) is 0 Å². The van der Waals surface area contributed by atoms with Crippen molar-refractivity contribution in [2.24, 2.45) is 0 Å². The van der Waals surface area contributed by atoms with Gasteiger partial charge < -0.3 is 14.2 Å². The molecule has 0 atom stereocenters. The third kappa shape index (κ3) is 31.2. The molecule has 3 aromatic heterocycles. The van der Waals surface area contributed by atoms with Crippen LogP contribution in [0.15, 0.2) is 328 Å². The van der Waals surface area contributed by atoms with Crippen molar-refractivity contribution in [2.75, 3.05) is 0 Å². The van der Waals surface area contributed by atoms with Gasteiger partial charge in [0.1, 0.15) is 81.3 Å². The molecule has 0 unspecified atom stereocenters. The molecule has 0 N–H and O–H groups in total. The normalized spacial score (nSPS) is 9.30. The predicted molar refractivity (Wildman–Crippen MR) is 464 cm³/mol. The van der Waals surface area contributed by atoms with Gasteiger partial charge in [-0.1, -0.05) is 120 Å². The molecule has 0 fully saturated rings. The monoisotopic (exact) mass is 1660 g/mol. The fourth-order valence-electron chi connectivity index (χ4n) is 10.7. The van der Waals surface area contributed by atoms with Crippen molar-refractivity contribution in [2.45, 2.75) is 6.92 Å². The van der Waals surface area contributed by atoms with Gasteiger partial charge >= 0.3 is 0 Å². The third-order valence-corrected chi connectivity index (χ3v) is 16.3. The number of hydrogen-bond acceptors (Lipinski definition) is 13. The summed E-state index contributed by atoms with van der Waals surface area (Å²) >= 11 is 0. The number of nitrogens with zero attached hydrogens (tertiary/aromatic N) is 10. The van der Waals surface area contributed by atoms with E-state index in [-0.39, 0.29) is 28.1 Å². The first kappa shape index (κ1) is 90.1. The molecule has 0 amide bonds. The van der Waals surface area contributed by atoms with E-state index in [9.17, 15) is 30.7 Å². The number of halogens is 7. The van der Waals surface area contributed by atoms with Crippen molar-refractivity contribution in [3.05, 3.63) is 480 Å². The number of pyridine rings is 3. The molecule has 0 bridgehead atoms. The Bertz CT molecular complexity index is 7180. The zero-order valence-corrected chi connectivity index (χ0v) is 66.5. The van der Waals surface area contributed by atoms with Gasteiger partial charge in [-0.2, -0.15) is 36.8 Å². The molecule has 0 saturated carbocycles. The summed E-state index contributed by atoms with van der Waals surface area (Å²) in [5, 5.41) is 61.4. The molecule has 20 heteroatoms. The van der Waals surface area contributed by atoms with E-state index < -0.39 is 34.9 Å². The van der Waals surface area contributed by atoms with Gasteiger partial charge in [0.25, 0.3) is 0 Å². The fourth-order valence-corrected chi connectivity index (χ4v) is 10.7. The van der Waals surface area contributed by atoms with Gasteiger partial charge in [0.15, 0.2) is 0 Å². The number of benzene rings is 12. The lowest BCUT2D eigenvalue weighted by Gasteiger charge is -2.05. The highest BCUT2D eigenvalue weighted by Gasteiger charge is 2.09. The third-order valence-electron chi connectivity index (χ3n) is 16.3. The van der Waals surface area contributed by atoms with Crippen molar-refractivity contribution in [1.29, 1.82) is 36.8 Å². The highest BCUT2D eigenvalue weighted by molar-refractivity contribution is 5.56. The maximum Gasteiger partial charge on any atom is 0.145 e. The van der Waals surface area contributed by atoms with Crippen LogP contribution in [0.2, 0.25) is 0 Å². The van der Waals surface area contributed by atoms with Crippen LogP contribution in [-0.4, -0.2) is 15.0 Å². The van der Waals surface area contributed by atoms with Gasteiger partial charge in [-0.15, -0.1) is 0 Å². The van der Waals surface area contributed by atoms with E-state index in [1.807, 2.05) is 97.9 Å². The van der Waals surface area contributed by atoms with Crippen molar-refractivity contribution < 1.29 is 44.9 Å². The zero-order chi connectivity index (χ0) is 89.9. The summed E-state index contributed by atoms with van der Waals surface area (Å²) in [6, 6.07) is 90.4. The topological polar surface area (TPSA) is 233 Å². The molecule has 0 aliphatic heterocycles. The summed E-state index contributed by atoms with van der Waals surface area (Å²) in [5.41, 5.74) is 10.3. The van der Waals surface area contributed by atoms with E-state index in [0.717, 1.165) is 46.5 Å². The molecule has 0 saturated heterocycles. The van der Waals surface area contributed by atoms with Crippen LogP contribution in [-0.2, 0) is 0 Å². The van der Waals surface area contributed by atoms with Crippen LogP contribution < -0.4 is 14.2 Å². The Morgan fingerprint density at radius 3 is 0.811 bits per heavy atom. The van der Waals surface area contributed by atoms with Crippen LogP contribution in [0.5, 0.6) is 34.5 Å². The number of nitriles is 7. The van der Waals surface area contributed by atoms with Crippen LogP contribution >= 0.6 is 0 Å². The SMILES string of the molecule is Cc1cccc(C#Cc2cc(F)cc(Oc3cccnc3)c2)c1.Fc1cc(C#Cc2ccccc2)cc(Oc2cccnc2)c1.N#Cc1cc(F)cc(C#Cc2cc(F)cc(C#N)c2)c1.N#Cc1cc(F)cc(C#Cc2ccccc2C#N)c1.N#Cc1ccc(C#Cc2cc(F)cc(C#N)c2)cc1.N#Cc1cccc(C#Cc2cc(F)cc(Oc3cccnc3)c2)c1. The quantitative estimate of drug-likeness (QED) is 0.111. The Balaban J connectivity index is 0.000000159. The molecular weight excluding hydrogens is 1610 g/mol. The number of ether oxygens (including phenoxy) is 3. The van der Waals surface area contributed by atoms with Crippen molar-refractivity contribution >= 4 is 0 Å². The Morgan fingerprint density at radius 2 is 0.465 bits per heavy atom. The van der Waals surface area contributed by atoms with Crippen molar-refractivity contribution in [3.8, 4) is 148 Å². The van der Waals surface area contributed by atoms with Crippen LogP contribution in [0.4, 0.5) is 30.7 Å². The maximum absolute atomic E-state index is 13.8. The molecule has 127 heavy (non-hydrogen) atoms. The molecule has 0 radical (unpaired) electrons. The minimum atomic E-state index is -0.565. The molecule has 12 aromatic carbocycles. The van der Waals surface area contributed by atoms with Crippen molar-refractivity contribution in [1.82, 2.24) is 15.0 Å². The van der Waals surface area contributed by atoms with Gasteiger partial charge in [0.05, 0.1) is 94.0 Å². The first-order valence-corrected chi connectivity index (χ1v) is 37.5. The Hall–Kier alpha value is -19.2. The second-order valence-corrected chi connectivity index (χ2v) is 26.0. The minimum absolute atomic E-state index is 0.159. The second kappa shape index (κ2) is 47.4. The summed E-state index contributed by atoms with van der Waals surface area (Å²) in [6.45, 7) is 2.01. The molecule has 0 spiro atoms. The Kier molecular flexibility index (Phi) is 33.6. The van der Waals surface area contributed by atoms with Crippen LogP contribution in [0.1, 0.15) is 111 Å². The lowest BCUT2D eigenvalue weighted by molar-refractivity contribution is 0.474. The smallest absolute Gasteiger partial charge is 0.145 e. The van der Waals surface area contributed by atoms with E-state index in [1.54, 1.807) is 165 Å². The molecule has 13 nitrogen and oxygen atoms in total. The van der Waals surface area contributed by atoms with E-state index in [4.69, 9.17) is 51.0 Å². The number of hydrogen-bond donors (Lipinski definition) is 0. The largest absolute Gasteiger partial charge is 0.456 e. The standard InChI is InChI=1S/C20H11FN2O.C20H14FNO.C19H12FNO.C16H6F2N2.2C16H7FN2/c21-18-10-16(7-6-15-3-1-4-17(9-15)13-22)11-20(12-18)24-19-5-2-8-23-14-19;1-15-4-2-5-16(10-15)7-8-17-11-18(21)13-20(12-17)23-19-6-3-9-22-14-19;20-17-11-16(9-8-15-5-2-1-3-6-15)12-19(13-17)22-18-7-4-10-21-14-18;17-15-5-11(3-13(7-15)9-19)1-2-12-4-14(10-20)8-16(18)6-12;17-16-8-14(7-15(9-16)11-19)6-3-12-1-4-13(10-18)5-2-12;17-16-8-12(7-13(9-16)10-18)5-6-14-3-1-2-4-15(14)11-19/h1-5,8-12,14H;2-6,9-14H,1H3;1-7,10-14H;3-8H;1-2,4-5,7-9H;1-4,7-9H. The summed E-state index contributed by atoms with van der Waals surface area (Å²) < 4.78 is 111. The molecule has 0 aliphatic carbocycles. The molecular formula is C107H57F7N10O3. The molecule has 15 rings (SSSR count). The van der Waals surface area contributed by atoms with Gasteiger partial charge in [-0.25, -0.2) is 30.7 Å². The van der Waals surface area contributed by atoms with Crippen LogP contribution in [0.25, 0.3) is 0 Å². The molecule has 0 aliphatic rings. The summed E-state index contributed by atoms with van der Waals surface area (Å²) in [6.07, 6.45) is 9.62. The molecule has 15 aromatic rings. The van der Waals surface area contributed by atoms with E-state index >= 15 is 0 Å². The zero-order valence-electron chi connectivity index (χ0n) is 66.5. The predicted octanol–water partition coefficient (Wildman–Crippen LogP) is 22.5. The van der Waals surface area contributed by atoms with E-state index in [2.05, 4.69) is 92.1 Å². The highest BCUT2D eigenvalue weighted by Crippen LogP contribution is 2.27. The van der Waals surface area contributed by atoms with Gasteiger partial charge in [-0.05, 0) is 237 Å². The van der Waals surface area contributed by atoms with E-state index in [1.165, 1.54) is 84.9 Å². The second-order valence-electron chi connectivity index (χ2n) is 26.0. The number of aryl methyl sites for hydroxylation is 1. The molecule has 3 heterocycles. The lowest BCUT2D eigenvalue weighted by atomic mass is 10.1. The average molecular weight is 1660 g/mol. The minimum Gasteiger partial charge on any atom is -0.456 e. The highest BCUT2D eigenvalue weighted by atomic mass is 19.2. The van der Waals surface area contributed by atoms with E-state index in [0.29, 0.717) is 101 Å². The van der Waals surface area contributed by atoms with Crippen molar-refractivity contribution in [3.63, 3.8) is 0 Å². The average Bonchev–Trinajstić information content (AvgIpc) is 0.917. The Morgan fingerprint density at radius 1 is 0.197 bits per heavy atom. The Labute approximate surface area is 727 Å².